The molecule has 25 heavy (non-hydrogen) atoms. The number of nitrogens with zero attached hydrogens (tertiary/aromatic N) is 2. The Morgan fingerprint density at radius 1 is 1.28 bits per heavy atom. The molecule has 1 unspecified atom stereocenters. The van der Waals surface area contributed by atoms with Crippen LogP contribution >= 0.6 is 0 Å². The normalized spacial score (nSPS) is 17.2. The van der Waals surface area contributed by atoms with E-state index < -0.39 is 29.4 Å². The quantitative estimate of drug-likeness (QED) is 0.909. The minimum absolute atomic E-state index is 0.181. The maximum Gasteiger partial charge on any atom is 0.254 e. The highest BCUT2D eigenvalue weighted by atomic mass is 19.1. The third-order valence-electron chi connectivity index (χ3n) is 4.01. The Kier molecular flexibility index (Phi) is 4.63. The van der Waals surface area contributed by atoms with Crippen LogP contribution in [-0.2, 0) is 4.74 Å². The molecule has 1 atom stereocenters. The smallest absolute Gasteiger partial charge is 0.254 e. The second kappa shape index (κ2) is 6.87. The fourth-order valence-corrected chi connectivity index (χ4v) is 2.72. The second-order valence-corrected chi connectivity index (χ2v) is 5.64. The fraction of sp³-hybridized carbons (Fsp3) is 0.222. The van der Waals surface area contributed by atoms with E-state index in [-0.39, 0.29) is 25.3 Å². The molecule has 1 saturated heterocycles. The first-order valence-electron chi connectivity index (χ1n) is 7.58. The maximum atomic E-state index is 13.5. The van der Waals surface area contributed by atoms with Crippen LogP contribution in [0.25, 0.3) is 0 Å². The van der Waals surface area contributed by atoms with Crippen LogP contribution in [0.5, 0.6) is 5.75 Å². The monoisotopic (exact) mass is 344 g/mol. The average Bonchev–Trinajstić information content (AvgIpc) is 2.65. The molecule has 0 aromatic heterocycles. The number of benzene rings is 2. The highest BCUT2D eigenvalue weighted by Gasteiger charge is 2.27. The molecule has 128 valence electrons. The van der Waals surface area contributed by atoms with E-state index in [0.29, 0.717) is 5.56 Å². The maximum absolute atomic E-state index is 13.5. The van der Waals surface area contributed by atoms with Gasteiger partial charge in [-0.3, -0.25) is 4.79 Å². The van der Waals surface area contributed by atoms with Gasteiger partial charge < -0.3 is 14.7 Å². The van der Waals surface area contributed by atoms with E-state index >= 15 is 0 Å². The zero-order chi connectivity index (χ0) is 18.0. The lowest BCUT2D eigenvalue weighted by atomic mass is 10.0. The number of amides is 1. The summed E-state index contributed by atoms with van der Waals surface area (Å²) in [6.07, 6.45) is -0.433. The summed E-state index contributed by atoms with van der Waals surface area (Å²) in [7, 11) is 0. The molecule has 1 heterocycles. The summed E-state index contributed by atoms with van der Waals surface area (Å²) in [5, 5.41) is 18.1. The summed E-state index contributed by atoms with van der Waals surface area (Å²) >= 11 is 0. The van der Waals surface area contributed by atoms with Gasteiger partial charge in [0.05, 0.1) is 24.8 Å². The van der Waals surface area contributed by atoms with Gasteiger partial charge >= 0.3 is 0 Å². The van der Waals surface area contributed by atoms with Gasteiger partial charge in [0.1, 0.15) is 6.10 Å². The average molecular weight is 344 g/mol. The summed E-state index contributed by atoms with van der Waals surface area (Å²) < 4.78 is 32.6. The van der Waals surface area contributed by atoms with E-state index in [9.17, 15) is 13.6 Å². The van der Waals surface area contributed by atoms with Crippen molar-refractivity contribution in [2.45, 2.75) is 6.10 Å². The zero-order valence-corrected chi connectivity index (χ0v) is 13.1. The van der Waals surface area contributed by atoms with Gasteiger partial charge in [-0.25, -0.2) is 8.78 Å². The number of morpholine rings is 1. The zero-order valence-electron chi connectivity index (χ0n) is 13.1. The number of rotatable bonds is 2. The second-order valence-electron chi connectivity index (χ2n) is 5.64. The van der Waals surface area contributed by atoms with Gasteiger partial charge in [0.15, 0.2) is 17.4 Å². The molecule has 0 saturated carbocycles. The van der Waals surface area contributed by atoms with Gasteiger partial charge in [0.2, 0.25) is 0 Å². The van der Waals surface area contributed by atoms with E-state index in [1.807, 2.05) is 6.07 Å². The number of phenols is 1. The lowest BCUT2D eigenvalue weighted by Crippen LogP contribution is -2.42. The van der Waals surface area contributed by atoms with Gasteiger partial charge in [-0.1, -0.05) is 12.1 Å². The van der Waals surface area contributed by atoms with Crippen LogP contribution in [-0.4, -0.2) is 35.6 Å². The predicted octanol–water partition coefficient (Wildman–Crippen LogP) is 2.76. The standard InChI is InChI=1S/C18H14F2N2O3/c19-14-7-13(8-15(20)17(14)23)18(24)22-4-5-25-16(10-22)12-3-1-2-11(6-12)9-21/h1-3,6-8,16,23H,4-5,10H2. The lowest BCUT2D eigenvalue weighted by Gasteiger charge is -2.33. The molecule has 0 bridgehead atoms. The van der Waals surface area contributed by atoms with Crippen molar-refractivity contribution in [3.63, 3.8) is 0 Å². The first-order chi connectivity index (χ1) is 12.0. The van der Waals surface area contributed by atoms with Gasteiger partial charge in [0, 0.05) is 12.1 Å². The third kappa shape index (κ3) is 3.44. The van der Waals surface area contributed by atoms with E-state index in [4.69, 9.17) is 15.1 Å². The number of hydrogen-bond acceptors (Lipinski definition) is 4. The van der Waals surface area contributed by atoms with Crippen molar-refractivity contribution in [1.29, 1.82) is 5.26 Å². The van der Waals surface area contributed by atoms with Crippen molar-refractivity contribution < 1.29 is 23.4 Å². The van der Waals surface area contributed by atoms with Crippen LogP contribution in [0.4, 0.5) is 8.78 Å². The molecule has 7 heteroatoms. The van der Waals surface area contributed by atoms with E-state index in [1.54, 1.807) is 24.3 Å². The molecule has 1 amide bonds. The van der Waals surface area contributed by atoms with Crippen molar-refractivity contribution in [2.75, 3.05) is 19.7 Å². The highest BCUT2D eigenvalue weighted by molar-refractivity contribution is 5.94. The van der Waals surface area contributed by atoms with E-state index in [0.717, 1.165) is 17.7 Å². The van der Waals surface area contributed by atoms with Crippen molar-refractivity contribution in [1.82, 2.24) is 4.90 Å². The summed E-state index contributed by atoms with van der Waals surface area (Å²) in [4.78, 5) is 13.9. The fourth-order valence-electron chi connectivity index (χ4n) is 2.72. The summed E-state index contributed by atoms with van der Waals surface area (Å²) in [6.45, 7) is 0.728. The molecular weight excluding hydrogens is 330 g/mol. The number of ether oxygens (including phenoxy) is 1. The highest BCUT2D eigenvalue weighted by Crippen LogP contribution is 2.26. The SMILES string of the molecule is N#Cc1cccc(C2CN(C(=O)c3cc(F)c(O)c(F)c3)CCO2)c1. The molecule has 0 aliphatic carbocycles. The van der Waals surface area contributed by atoms with Crippen molar-refractivity contribution in [2.24, 2.45) is 0 Å². The summed E-state index contributed by atoms with van der Waals surface area (Å²) in [5.74, 6) is -4.03. The van der Waals surface area contributed by atoms with E-state index in [2.05, 4.69) is 0 Å². The minimum atomic E-state index is -1.19. The Hall–Kier alpha value is -2.98. The Morgan fingerprint density at radius 2 is 2.00 bits per heavy atom. The van der Waals surface area contributed by atoms with Gasteiger partial charge in [-0.15, -0.1) is 0 Å². The third-order valence-corrected chi connectivity index (χ3v) is 4.01. The number of carbonyl (C=O) groups excluding carboxylic acids is 1. The van der Waals surface area contributed by atoms with Crippen LogP contribution in [0.15, 0.2) is 36.4 Å². The van der Waals surface area contributed by atoms with Crippen molar-refractivity contribution >= 4 is 5.91 Å². The van der Waals surface area contributed by atoms with Crippen molar-refractivity contribution in [3.8, 4) is 11.8 Å². The summed E-state index contributed by atoms with van der Waals surface area (Å²) in [5.41, 5.74) is 1.05. The van der Waals surface area contributed by atoms with Crippen LogP contribution in [0, 0.1) is 23.0 Å². The molecule has 2 aromatic carbocycles. The van der Waals surface area contributed by atoms with Crippen LogP contribution < -0.4 is 0 Å². The van der Waals surface area contributed by atoms with Crippen molar-refractivity contribution in [3.05, 3.63) is 64.7 Å². The number of aromatic hydroxyl groups is 1. The first kappa shape index (κ1) is 16.9. The van der Waals surface area contributed by atoms with Crippen LogP contribution in [0.2, 0.25) is 0 Å². The Balaban J connectivity index is 1.81. The van der Waals surface area contributed by atoms with Crippen LogP contribution in [0.3, 0.4) is 0 Å². The number of nitriles is 1. The summed E-state index contributed by atoms with van der Waals surface area (Å²) in [6, 6.07) is 10.5. The predicted molar refractivity (Wildman–Crippen MR) is 83.8 cm³/mol. The largest absolute Gasteiger partial charge is 0.503 e. The molecule has 1 N–H and O–H groups in total. The van der Waals surface area contributed by atoms with Gasteiger partial charge in [-0.05, 0) is 29.8 Å². The number of carbonyl (C=O) groups is 1. The molecule has 2 aromatic rings. The van der Waals surface area contributed by atoms with Gasteiger partial charge in [0.25, 0.3) is 5.91 Å². The number of hydrogen-bond donors (Lipinski definition) is 1. The van der Waals surface area contributed by atoms with Crippen LogP contribution in [0.1, 0.15) is 27.6 Å². The number of halogens is 2. The molecule has 0 spiro atoms. The molecular formula is C18H14F2N2O3. The Bertz CT molecular complexity index is 841. The lowest BCUT2D eigenvalue weighted by molar-refractivity contribution is -0.0228. The molecule has 3 rings (SSSR count). The first-order valence-corrected chi connectivity index (χ1v) is 7.58. The van der Waals surface area contributed by atoms with E-state index in [1.165, 1.54) is 4.90 Å². The minimum Gasteiger partial charge on any atom is -0.503 e. The molecule has 1 aliphatic rings. The molecule has 0 radical (unpaired) electrons. The molecule has 5 nitrogen and oxygen atoms in total. The molecule has 1 fully saturated rings. The Morgan fingerprint density at radius 3 is 2.68 bits per heavy atom. The Labute approximate surface area is 142 Å². The number of phenolic OH excluding ortho intramolecular Hbond substituents is 1. The topological polar surface area (TPSA) is 73.6 Å². The molecule has 1 aliphatic heterocycles. The van der Waals surface area contributed by atoms with Gasteiger partial charge in [-0.2, -0.15) is 5.26 Å².